The molecule has 0 aliphatic rings. The van der Waals surface area contributed by atoms with Gasteiger partial charge in [-0.3, -0.25) is 9.36 Å². The molecule has 1 amide bonds. The number of hydrogen-bond donors (Lipinski definition) is 0. The van der Waals surface area contributed by atoms with Crippen LogP contribution in [0.5, 0.6) is 5.75 Å². The average Bonchev–Trinajstić information content (AvgIpc) is 3.13. The van der Waals surface area contributed by atoms with Crippen molar-refractivity contribution in [2.75, 3.05) is 19.4 Å². The highest BCUT2D eigenvalue weighted by Crippen LogP contribution is 2.28. The van der Waals surface area contributed by atoms with Gasteiger partial charge in [-0.25, -0.2) is 0 Å². The van der Waals surface area contributed by atoms with Crippen LogP contribution < -0.4 is 4.74 Å². The topological polar surface area (TPSA) is 60.2 Å². The summed E-state index contributed by atoms with van der Waals surface area (Å²) in [6.07, 6.45) is 0.915. The Morgan fingerprint density at radius 2 is 1.83 bits per heavy atom. The van der Waals surface area contributed by atoms with Crippen molar-refractivity contribution in [3.63, 3.8) is 0 Å². The first kappa shape index (κ1) is 21.9. The van der Waals surface area contributed by atoms with E-state index < -0.39 is 0 Å². The molecule has 0 fully saturated rings. The highest BCUT2D eigenvalue weighted by atomic mass is 32.2. The molecule has 6 nitrogen and oxygen atoms in total. The summed E-state index contributed by atoms with van der Waals surface area (Å²) >= 11 is 1.40. The molecule has 0 radical (unpaired) electrons. The van der Waals surface area contributed by atoms with Gasteiger partial charge < -0.3 is 9.64 Å². The summed E-state index contributed by atoms with van der Waals surface area (Å²) in [4.78, 5) is 14.9. The lowest BCUT2D eigenvalue weighted by atomic mass is 10.1. The van der Waals surface area contributed by atoms with Crippen molar-refractivity contribution < 1.29 is 9.53 Å². The molecule has 0 unspecified atom stereocenters. The van der Waals surface area contributed by atoms with Crippen LogP contribution in [0.1, 0.15) is 30.3 Å². The molecular formula is C23H28N4O2S. The molecule has 0 aliphatic carbocycles. The number of para-hydroxylation sites is 2. The third-order valence-corrected chi connectivity index (χ3v) is 5.70. The lowest BCUT2D eigenvalue weighted by molar-refractivity contribution is -0.129. The molecule has 3 rings (SSSR count). The predicted molar refractivity (Wildman–Crippen MR) is 120 cm³/mol. The third kappa shape index (κ3) is 5.21. The summed E-state index contributed by atoms with van der Waals surface area (Å²) in [5.41, 5.74) is 3.22. The number of ether oxygens (including phenoxy) is 1. The SMILES string of the molecule is CCCN(Cc1ccc(C)cc1)C(=O)CSc1nnc(C)n1-c1ccccc1OC. The number of aromatic nitrogens is 3. The lowest BCUT2D eigenvalue weighted by Crippen LogP contribution is -2.32. The van der Waals surface area contributed by atoms with Crippen LogP contribution in [0.3, 0.4) is 0 Å². The van der Waals surface area contributed by atoms with Gasteiger partial charge in [-0.1, -0.05) is 60.6 Å². The minimum absolute atomic E-state index is 0.0923. The van der Waals surface area contributed by atoms with E-state index in [0.29, 0.717) is 17.5 Å². The smallest absolute Gasteiger partial charge is 0.233 e. The molecule has 0 saturated carbocycles. The molecule has 158 valence electrons. The molecule has 7 heteroatoms. The van der Waals surface area contributed by atoms with Crippen molar-refractivity contribution in [3.05, 3.63) is 65.5 Å². The number of methoxy groups -OCH3 is 1. The van der Waals surface area contributed by atoms with Gasteiger partial charge in [-0.15, -0.1) is 10.2 Å². The van der Waals surface area contributed by atoms with Crippen LogP contribution in [-0.2, 0) is 11.3 Å². The Hall–Kier alpha value is -2.80. The van der Waals surface area contributed by atoms with E-state index in [2.05, 4.69) is 48.3 Å². The summed E-state index contributed by atoms with van der Waals surface area (Å²) in [5, 5.41) is 9.18. The lowest BCUT2D eigenvalue weighted by Gasteiger charge is -2.22. The normalized spacial score (nSPS) is 10.8. The van der Waals surface area contributed by atoms with Gasteiger partial charge in [0.1, 0.15) is 11.6 Å². The predicted octanol–water partition coefficient (Wildman–Crippen LogP) is 4.42. The van der Waals surface area contributed by atoms with Gasteiger partial charge in [0.15, 0.2) is 5.16 Å². The van der Waals surface area contributed by atoms with E-state index in [1.54, 1.807) is 7.11 Å². The number of nitrogens with zero attached hydrogens (tertiary/aromatic N) is 4. The minimum Gasteiger partial charge on any atom is -0.495 e. The van der Waals surface area contributed by atoms with Crippen LogP contribution in [0, 0.1) is 13.8 Å². The molecule has 0 aliphatic heterocycles. The zero-order chi connectivity index (χ0) is 21.5. The first-order valence-electron chi connectivity index (χ1n) is 10.0. The third-order valence-electron chi connectivity index (χ3n) is 4.79. The van der Waals surface area contributed by atoms with E-state index in [0.717, 1.165) is 35.8 Å². The zero-order valence-electron chi connectivity index (χ0n) is 18.0. The summed E-state index contributed by atoms with van der Waals surface area (Å²) < 4.78 is 7.42. The quantitative estimate of drug-likeness (QED) is 0.476. The fourth-order valence-corrected chi connectivity index (χ4v) is 4.11. The molecular weight excluding hydrogens is 396 g/mol. The van der Waals surface area contributed by atoms with E-state index in [-0.39, 0.29) is 5.91 Å². The van der Waals surface area contributed by atoms with Gasteiger partial charge in [0, 0.05) is 13.1 Å². The van der Waals surface area contributed by atoms with Crippen molar-refractivity contribution in [1.82, 2.24) is 19.7 Å². The molecule has 0 saturated heterocycles. The van der Waals surface area contributed by atoms with E-state index in [9.17, 15) is 4.79 Å². The molecule has 1 heterocycles. The number of rotatable bonds is 9. The highest BCUT2D eigenvalue weighted by Gasteiger charge is 2.19. The summed E-state index contributed by atoms with van der Waals surface area (Å²) in [6.45, 7) is 7.39. The van der Waals surface area contributed by atoms with Crippen LogP contribution in [0.2, 0.25) is 0 Å². The molecule has 0 atom stereocenters. The standard InChI is InChI=1S/C23H28N4O2S/c1-5-14-26(15-19-12-10-17(2)11-13-19)22(28)16-30-23-25-24-18(3)27(23)20-8-6-7-9-21(20)29-4/h6-13H,5,14-16H2,1-4H3. The second-order valence-corrected chi connectivity index (χ2v) is 8.07. The first-order chi connectivity index (χ1) is 14.5. The Balaban J connectivity index is 1.74. The molecule has 0 bridgehead atoms. The first-order valence-corrected chi connectivity index (χ1v) is 11.0. The van der Waals surface area contributed by atoms with E-state index in [4.69, 9.17) is 4.74 Å². The second kappa shape index (κ2) is 10.3. The van der Waals surface area contributed by atoms with Crippen molar-refractivity contribution in [3.8, 4) is 11.4 Å². The molecule has 1 aromatic heterocycles. The molecule has 2 aromatic carbocycles. The van der Waals surface area contributed by atoms with Crippen molar-refractivity contribution in [2.45, 2.75) is 38.9 Å². The van der Waals surface area contributed by atoms with Crippen LogP contribution in [-0.4, -0.2) is 45.0 Å². The van der Waals surface area contributed by atoms with Gasteiger partial charge in [0.05, 0.1) is 18.6 Å². The second-order valence-electron chi connectivity index (χ2n) is 7.13. The fraction of sp³-hybridized carbons (Fsp3) is 0.348. The Labute approximate surface area is 182 Å². The molecule has 3 aromatic rings. The van der Waals surface area contributed by atoms with Crippen molar-refractivity contribution >= 4 is 17.7 Å². The van der Waals surface area contributed by atoms with Crippen LogP contribution in [0.25, 0.3) is 5.69 Å². The van der Waals surface area contributed by atoms with Crippen LogP contribution >= 0.6 is 11.8 Å². The van der Waals surface area contributed by atoms with Gasteiger partial charge >= 0.3 is 0 Å². The Kier molecular flexibility index (Phi) is 7.52. The average molecular weight is 425 g/mol. The zero-order valence-corrected chi connectivity index (χ0v) is 18.8. The molecule has 0 N–H and O–H groups in total. The molecule has 0 spiro atoms. The number of amides is 1. The fourth-order valence-electron chi connectivity index (χ4n) is 3.22. The summed E-state index contributed by atoms with van der Waals surface area (Å²) in [5.74, 6) is 1.88. The Morgan fingerprint density at radius 3 is 2.53 bits per heavy atom. The van der Waals surface area contributed by atoms with E-state index >= 15 is 0 Å². The number of hydrogen-bond acceptors (Lipinski definition) is 5. The largest absolute Gasteiger partial charge is 0.495 e. The van der Waals surface area contributed by atoms with Crippen LogP contribution in [0.15, 0.2) is 53.7 Å². The Bertz CT molecular complexity index is 985. The number of carbonyl (C=O) groups excluding carboxylic acids is 1. The van der Waals surface area contributed by atoms with Crippen molar-refractivity contribution in [1.29, 1.82) is 0 Å². The number of carbonyl (C=O) groups is 1. The van der Waals surface area contributed by atoms with Crippen LogP contribution in [0.4, 0.5) is 0 Å². The van der Waals surface area contributed by atoms with Gasteiger partial charge in [-0.05, 0) is 38.0 Å². The summed E-state index contributed by atoms with van der Waals surface area (Å²) in [6, 6.07) is 16.1. The monoisotopic (exact) mass is 424 g/mol. The van der Waals surface area contributed by atoms with E-state index in [1.165, 1.54) is 17.3 Å². The highest BCUT2D eigenvalue weighted by molar-refractivity contribution is 7.99. The minimum atomic E-state index is 0.0923. The number of thioether (sulfide) groups is 1. The number of aryl methyl sites for hydroxylation is 2. The van der Waals surface area contributed by atoms with Crippen molar-refractivity contribution in [2.24, 2.45) is 0 Å². The van der Waals surface area contributed by atoms with Gasteiger partial charge in [-0.2, -0.15) is 0 Å². The maximum Gasteiger partial charge on any atom is 0.233 e. The Morgan fingerprint density at radius 1 is 1.10 bits per heavy atom. The van der Waals surface area contributed by atoms with E-state index in [1.807, 2.05) is 40.7 Å². The number of benzene rings is 2. The van der Waals surface area contributed by atoms with Gasteiger partial charge in [0.25, 0.3) is 0 Å². The maximum atomic E-state index is 13.0. The molecule has 30 heavy (non-hydrogen) atoms. The summed E-state index contributed by atoms with van der Waals surface area (Å²) in [7, 11) is 1.64. The maximum absolute atomic E-state index is 13.0. The van der Waals surface area contributed by atoms with Gasteiger partial charge in [0.2, 0.25) is 5.91 Å².